The molecule has 1 aliphatic carbocycles. The lowest BCUT2D eigenvalue weighted by molar-refractivity contribution is -0.133. The fraction of sp³-hybridized carbons (Fsp3) is 0.565. The predicted molar refractivity (Wildman–Crippen MR) is 114 cm³/mol. The Balaban J connectivity index is 1.60. The number of nitrogens with one attached hydrogen (secondary N) is 2. The Bertz CT molecular complexity index is 820. The molecule has 0 aromatic heterocycles. The second-order valence-electron chi connectivity index (χ2n) is 8.45. The molecule has 1 saturated carbocycles. The number of rotatable bonds is 8. The molecule has 7 nitrogen and oxygen atoms in total. The minimum Gasteiger partial charge on any atom is -0.326 e. The first-order chi connectivity index (χ1) is 14.4. The van der Waals surface area contributed by atoms with Crippen LogP contribution in [0.5, 0.6) is 0 Å². The number of carbonyl (C=O) groups is 4. The van der Waals surface area contributed by atoms with Gasteiger partial charge in [-0.15, -0.1) is 0 Å². The molecule has 162 valence electrons. The monoisotopic (exact) mass is 413 g/mol. The van der Waals surface area contributed by atoms with Gasteiger partial charge in [0.2, 0.25) is 5.91 Å². The maximum absolute atomic E-state index is 13.0. The Hall–Kier alpha value is -2.70. The van der Waals surface area contributed by atoms with Crippen LogP contribution >= 0.6 is 0 Å². The molecule has 0 radical (unpaired) electrons. The molecule has 0 bridgehead atoms. The van der Waals surface area contributed by atoms with Crippen LogP contribution in [0.1, 0.15) is 75.6 Å². The number of Topliss-reactive ketones (excluding diaryl/α,β-unsaturated/α-hetero) is 1. The van der Waals surface area contributed by atoms with Crippen molar-refractivity contribution in [3.05, 3.63) is 29.8 Å². The number of benzene rings is 1. The molecule has 1 aliphatic heterocycles. The number of nitrogens with zero attached hydrogens (tertiary/aromatic N) is 1. The van der Waals surface area contributed by atoms with Crippen molar-refractivity contribution in [2.75, 3.05) is 11.9 Å². The quantitative estimate of drug-likeness (QED) is 0.384. The molecule has 2 N–H and O–H groups in total. The Labute approximate surface area is 177 Å². The van der Waals surface area contributed by atoms with Crippen molar-refractivity contribution in [2.24, 2.45) is 5.92 Å². The van der Waals surface area contributed by atoms with Gasteiger partial charge >= 0.3 is 6.03 Å². The van der Waals surface area contributed by atoms with Crippen molar-refractivity contribution in [2.45, 2.75) is 70.8 Å². The highest BCUT2D eigenvalue weighted by atomic mass is 16.2. The van der Waals surface area contributed by atoms with Crippen LogP contribution in [0.25, 0.3) is 0 Å². The van der Waals surface area contributed by atoms with Gasteiger partial charge in [0.05, 0.1) is 6.54 Å². The summed E-state index contributed by atoms with van der Waals surface area (Å²) in [6, 6.07) is 6.07. The average molecular weight is 414 g/mol. The molecule has 1 saturated heterocycles. The van der Waals surface area contributed by atoms with Crippen molar-refractivity contribution in [1.29, 1.82) is 0 Å². The topological polar surface area (TPSA) is 95.6 Å². The lowest BCUT2D eigenvalue weighted by atomic mass is 9.73. The standard InChI is InChI=1S/C23H31N3O4/c1-3-4-5-9-20(28)24-18-12-10-17(11-13-18)19(27)15-26-21(29)23(25-22(26)30)14-7-6-8-16(23)2/h10-13,16H,3-9,14-15H2,1-2H3,(H,24,28)(H,25,30)/t16-,23+/m1/s1. The number of urea groups is 1. The Morgan fingerprint density at radius 3 is 2.57 bits per heavy atom. The van der Waals surface area contributed by atoms with E-state index in [1.807, 2.05) is 6.92 Å². The predicted octanol–water partition coefficient (Wildman–Crippen LogP) is 3.89. The lowest BCUT2D eigenvalue weighted by Crippen LogP contribution is -2.54. The number of hydrogen-bond donors (Lipinski definition) is 2. The first-order valence-corrected chi connectivity index (χ1v) is 10.9. The van der Waals surface area contributed by atoms with Gasteiger partial charge in [0.1, 0.15) is 5.54 Å². The Morgan fingerprint density at radius 1 is 1.17 bits per heavy atom. The summed E-state index contributed by atoms with van der Waals surface area (Å²) in [4.78, 5) is 51.1. The van der Waals surface area contributed by atoms with Crippen LogP contribution < -0.4 is 10.6 Å². The second kappa shape index (κ2) is 9.41. The molecule has 3 rings (SSSR count). The van der Waals surface area contributed by atoms with Crippen molar-refractivity contribution < 1.29 is 19.2 Å². The molecule has 1 aromatic carbocycles. The summed E-state index contributed by atoms with van der Waals surface area (Å²) < 4.78 is 0. The first-order valence-electron chi connectivity index (χ1n) is 10.9. The van der Waals surface area contributed by atoms with E-state index < -0.39 is 11.6 Å². The van der Waals surface area contributed by atoms with Gasteiger partial charge < -0.3 is 10.6 Å². The van der Waals surface area contributed by atoms with Gasteiger partial charge in [-0.25, -0.2) is 4.79 Å². The van der Waals surface area contributed by atoms with E-state index in [2.05, 4.69) is 17.6 Å². The summed E-state index contributed by atoms with van der Waals surface area (Å²) in [7, 11) is 0. The molecule has 2 atom stereocenters. The zero-order valence-electron chi connectivity index (χ0n) is 17.8. The number of imide groups is 1. The Kier molecular flexibility index (Phi) is 6.90. The maximum atomic E-state index is 13.0. The number of carbonyl (C=O) groups excluding carboxylic acids is 4. The van der Waals surface area contributed by atoms with E-state index in [4.69, 9.17) is 0 Å². The van der Waals surface area contributed by atoms with E-state index in [9.17, 15) is 19.2 Å². The molecule has 7 heteroatoms. The fourth-order valence-electron chi connectivity index (χ4n) is 4.37. The van der Waals surface area contributed by atoms with Crippen molar-refractivity contribution in [3.8, 4) is 0 Å². The summed E-state index contributed by atoms with van der Waals surface area (Å²) in [5.74, 6) is -0.583. The van der Waals surface area contributed by atoms with Crippen molar-refractivity contribution in [1.82, 2.24) is 10.2 Å². The number of amides is 4. The highest BCUT2D eigenvalue weighted by Crippen LogP contribution is 2.38. The van der Waals surface area contributed by atoms with E-state index in [-0.39, 0.29) is 30.1 Å². The van der Waals surface area contributed by atoms with Crippen LogP contribution in [0.2, 0.25) is 0 Å². The highest BCUT2D eigenvalue weighted by molar-refractivity contribution is 6.11. The third-order valence-electron chi connectivity index (χ3n) is 6.30. The summed E-state index contributed by atoms with van der Waals surface area (Å²) in [5.41, 5.74) is 0.164. The van der Waals surface area contributed by atoms with Crippen LogP contribution in [-0.2, 0) is 9.59 Å². The average Bonchev–Trinajstić information content (AvgIpc) is 2.96. The number of anilines is 1. The van der Waals surface area contributed by atoms with Gasteiger partial charge in [0.15, 0.2) is 5.78 Å². The van der Waals surface area contributed by atoms with E-state index in [1.165, 1.54) is 0 Å². The van der Waals surface area contributed by atoms with Crippen LogP contribution in [0.15, 0.2) is 24.3 Å². The van der Waals surface area contributed by atoms with Gasteiger partial charge in [-0.2, -0.15) is 0 Å². The SMILES string of the molecule is CCCCCC(=O)Nc1ccc(C(=O)CN2C(=O)N[C@]3(CCCC[C@H]3C)C2=O)cc1. The second-order valence-corrected chi connectivity index (χ2v) is 8.45. The molecule has 30 heavy (non-hydrogen) atoms. The summed E-state index contributed by atoms with van der Waals surface area (Å²) in [6.07, 6.45) is 6.85. The largest absolute Gasteiger partial charge is 0.326 e. The molecule has 2 fully saturated rings. The van der Waals surface area contributed by atoms with Crippen LogP contribution in [0, 0.1) is 5.92 Å². The summed E-state index contributed by atoms with van der Waals surface area (Å²) in [6.45, 7) is 3.79. The third kappa shape index (κ3) is 4.55. The van der Waals surface area contributed by atoms with Gasteiger partial charge in [-0.3, -0.25) is 19.3 Å². The normalized spacial score (nSPS) is 23.5. The molecule has 2 aliphatic rings. The first kappa shape index (κ1) is 22.0. The van der Waals surface area contributed by atoms with Crippen LogP contribution in [-0.4, -0.2) is 40.6 Å². The summed E-state index contributed by atoms with van der Waals surface area (Å²) >= 11 is 0. The zero-order chi connectivity index (χ0) is 21.7. The zero-order valence-corrected chi connectivity index (χ0v) is 17.8. The molecule has 4 amide bonds. The third-order valence-corrected chi connectivity index (χ3v) is 6.30. The van der Waals surface area contributed by atoms with Gasteiger partial charge in [0.25, 0.3) is 5.91 Å². The van der Waals surface area contributed by atoms with Crippen molar-refractivity contribution in [3.63, 3.8) is 0 Å². The number of hydrogen-bond acceptors (Lipinski definition) is 4. The van der Waals surface area contributed by atoms with Gasteiger partial charge in [-0.1, -0.05) is 39.5 Å². The van der Waals surface area contributed by atoms with Crippen LogP contribution in [0.4, 0.5) is 10.5 Å². The fourth-order valence-corrected chi connectivity index (χ4v) is 4.37. The summed E-state index contributed by atoms with van der Waals surface area (Å²) in [5, 5.41) is 5.68. The maximum Gasteiger partial charge on any atom is 0.325 e. The smallest absolute Gasteiger partial charge is 0.325 e. The van der Waals surface area contributed by atoms with E-state index in [1.54, 1.807) is 24.3 Å². The van der Waals surface area contributed by atoms with Crippen LogP contribution in [0.3, 0.4) is 0 Å². The molecule has 0 unspecified atom stereocenters. The van der Waals surface area contributed by atoms with E-state index in [0.29, 0.717) is 24.1 Å². The molecule has 1 spiro atoms. The van der Waals surface area contributed by atoms with E-state index in [0.717, 1.165) is 43.4 Å². The Morgan fingerprint density at radius 2 is 1.90 bits per heavy atom. The van der Waals surface area contributed by atoms with E-state index >= 15 is 0 Å². The molecule has 1 heterocycles. The minimum atomic E-state index is -0.860. The van der Waals surface area contributed by atoms with Crippen molar-refractivity contribution >= 4 is 29.3 Å². The lowest BCUT2D eigenvalue weighted by Gasteiger charge is -2.36. The minimum absolute atomic E-state index is 0.0474. The highest BCUT2D eigenvalue weighted by Gasteiger charge is 2.55. The van der Waals surface area contributed by atoms with Gasteiger partial charge in [-0.05, 0) is 49.4 Å². The number of unbranched alkanes of at least 4 members (excludes halogenated alkanes) is 2. The molecular weight excluding hydrogens is 382 g/mol. The number of ketones is 1. The molecular formula is C23H31N3O4. The molecule has 1 aromatic rings. The van der Waals surface area contributed by atoms with Gasteiger partial charge in [0, 0.05) is 17.7 Å².